The first-order valence-corrected chi connectivity index (χ1v) is 9.28. The Morgan fingerprint density at radius 2 is 1.87 bits per heavy atom. The fraction of sp³-hybridized carbons (Fsp3) is 0.333. The molecule has 2 N–H and O–H groups in total. The Balaban J connectivity index is 1.94. The van der Waals surface area contributed by atoms with Gasteiger partial charge in [-0.15, -0.1) is 0 Å². The van der Waals surface area contributed by atoms with Crippen LogP contribution in [0.5, 0.6) is 17.2 Å². The minimum Gasteiger partial charge on any atom is -0.493 e. The van der Waals surface area contributed by atoms with Crippen LogP contribution in [0.1, 0.15) is 34.3 Å². The maximum Gasteiger partial charge on any atom is 0.416 e. The third-order valence-corrected chi connectivity index (χ3v) is 4.67. The Kier molecular flexibility index (Phi) is 6.19. The molecule has 0 radical (unpaired) electrons. The van der Waals surface area contributed by atoms with Gasteiger partial charge in [-0.25, -0.2) is 0 Å². The molecule has 2 aromatic carbocycles. The molecule has 0 aromatic heterocycles. The summed E-state index contributed by atoms with van der Waals surface area (Å²) in [7, 11) is 1.44. The first-order chi connectivity index (χ1) is 14.2. The highest BCUT2D eigenvalue weighted by molar-refractivity contribution is 5.97. The Labute approximate surface area is 171 Å². The van der Waals surface area contributed by atoms with Gasteiger partial charge in [0.25, 0.3) is 5.91 Å². The van der Waals surface area contributed by atoms with Crippen LogP contribution in [0.3, 0.4) is 0 Å². The van der Waals surface area contributed by atoms with Crippen molar-refractivity contribution in [3.8, 4) is 17.2 Å². The first kappa shape index (κ1) is 21.5. The van der Waals surface area contributed by atoms with Crippen molar-refractivity contribution in [2.45, 2.75) is 32.0 Å². The van der Waals surface area contributed by atoms with E-state index in [1.165, 1.54) is 7.11 Å². The summed E-state index contributed by atoms with van der Waals surface area (Å²) in [6.45, 7) is 2.24. The normalized spacial score (nSPS) is 16.6. The highest BCUT2D eigenvalue weighted by Gasteiger charge is 2.33. The van der Waals surface area contributed by atoms with Crippen molar-refractivity contribution in [3.63, 3.8) is 0 Å². The molecule has 3 rings (SSSR count). The molecule has 160 valence electrons. The van der Waals surface area contributed by atoms with Crippen LogP contribution in [0, 0.1) is 6.92 Å². The molecule has 1 aliphatic rings. The molecule has 0 bridgehead atoms. The maximum atomic E-state index is 13.2. The van der Waals surface area contributed by atoms with Gasteiger partial charge in [-0.05, 0) is 49.2 Å². The van der Waals surface area contributed by atoms with E-state index in [1.807, 2.05) is 6.92 Å². The highest BCUT2D eigenvalue weighted by Crippen LogP contribution is 2.37. The van der Waals surface area contributed by atoms with E-state index >= 15 is 0 Å². The van der Waals surface area contributed by atoms with E-state index < -0.39 is 23.7 Å². The van der Waals surface area contributed by atoms with Gasteiger partial charge in [-0.2, -0.15) is 13.2 Å². The molecule has 1 aliphatic heterocycles. The number of alkyl halides is 3. The molecule has 1 fully saturated rings. The summed E-state index contributed by atoms with van der Waals surface area (Å²) < 4.78 is 50.7. The molecule has 2 aromatic rings. The van der Waals surface area contributed by atoms with Crippen LogP contribution < -0.4 is 20.1 Å². The number of nitrogens with one attached hydrogen (secondary N) is 2. The molecular weight excluding hydrogens is 401 g/mol. The van der Waals surface area contributed by atoms with E-state index in [-0.39, 0.29) is 29.4 Å². The summed E-state index contributed by atoms with van der Waals surface area (Å²) in [4.78, 5) is 24.3. The fourth-order valence-electron chi connectivity index (χ4n) is 3.12. The second kappa shape index (κ2) is 8.64. The average Bonchev–Trinajstić information content (AvgIpc) is 2.68. The molecule has 1 atom stereocenters. The number of hydrogen-bond acceptors (Lipinski definition) is 4. The zero-order valence-corrected chi connectivity index (χ0v) is 16.4. The fourth-order valence-corrected chi connectivity index (χ4v) is 3.12. The van der Waals surface area contributed by atoms with Crippen LogP contribution in [0.25, 0.3) is 0 Å². The van der Waals surface area contributed by atoms with Crippen LogP contribution in [0.2, 0.25) is 0 Å². The third kappa shape index (κ3) is 5.03. The van der Waals surface area contributed by atoms with Gasteiger partial charge in [0.05, 0.1) is 18.2 Å². The van der Waals surface area contributed by atoms with Crippen LogP contribution in [0.4, 0.5) is 13.2 Å². The number of methoxy groups -OCH3 is 1. The van der Waals surface area contributed by atoms with Gasteiger partial charge in [0.1, 0.15) is 5.75 Å². The molecule has 0 spiro atoms. The first-order valence-electron chi connectivity index (χ1n) is 9.28. The minimum atomic E-state index is -4.63. The third-order valence-electron chi connectivity index (χ3n) is 4.67. The molecule has 6 nitrogen and oxygen atoms in total. The number of carbonyl (C=O) groups is 2. The lowest BCUT2D eigenvalue weighted by Crippen LogP contribution is -2.45. The Morgan fingerprint density at radius 3 is 2.53 bits per heavy atom. The highest BCUT2D eigenvalue weighted by atomic mass is 19.4. The molecule has 9 heteroatoms. The Hall–Kier alpha value is -3.23. The molecule has 2 amide bonds. The van der Waals surface area contributed by atoms with Crippen molar-refractivity contribution < 1.29 is 32.2 Å². The number of carbonyl (C=O) groups excluding carboxylic acids is 2. The van der Waals surface area contributed by atoms with Crippen molar-refractivity contribution in [1.29, 1.82) is 0 Å². The standard InChI is InChI=1S/C21H21F3N2O4/c1-12-3-5-17(18(9-12)29-2)30-16-6-4-13(21(22,23)24)10-15(16)20(28)26-14-7-8-25-19(27)11-14/h3-6,9-10,14H,7-8,11H2,1-2H3,(H,25,27)(H,26,28). The lowest BCUT2D eigenvalue weighted by atomic mass is 10.0. The molecular formula is C21H21F3N2O4. The summed E-state index contributed by atoms with van der Waals surface area (Å²) in [5, 5.41) is 5.27. The Bertz CT molecular complexity index is 960. The summed E-state index contributed by atoms with van der Waals surface area (Å²) in [6.07, 6.45) is -4.08. The SMILES string of the molecule is COc1cc(C)ccc1Oc1ccc(C(F)(F)F)cc1C(=O)NC1CCNC(=O)C1. The number of hydrogen-bond donors (Lipinski definition) is 2. The molecule has 1 unspecified atom stereocenters. The quantitative estimate of drug-likeness (QED) is 0.768. The summed E-state index contributed by atoms with van der Waals surface area (Å²) in [5.41, 5.74) is -0.351. The number of rotatable bonds is 5. The number of piperidine rings is 1. The number of benzene rings is 2. The van der Waals surface area contributed by atoms with Crippen LogP contribution in [0.15, 0.2) is 36.4 Å². The predicted molar refractivity (Wildman–Crippen MR) is 103 cm³/mol. The number of aryl methyl sites for hydroxylation is 1. The topological polar surface area (TPSA) is 76.7 Å². The van der Waals surface area contributed by atoms with Gasteiger partial charge in [0.2, 0.25) is 5.91 Å². The zero-order chi connectivity index (χ0) is 21.9. The predicted octanol–water partition coefficient (Wildman–Crippen LogP) is 3.82. The number of halogens is 3. The second-order valence-electron chi connectivity index (χ2n) is 6.98. The van der Waals surface area contributed by atoms with Gasteiger partial charge in [-0.1, -0.05) is 6.07 Å². The van der Waals surface area contributed by atoms with E-state index in [9.17, 15) is 22.8 Å². The minimum absolute atomic E-state index is 0.0529. The molecule has 1 heterocycles. The van der Waals surface area contributed by atoms with Gasteiger partial charge in [0.15, 0.2) is 11.5 Å². The summed E-state index contributed by atoms with van der Waals surface area (Å²) in [6, 6.07) is 7.29. The van der Waals surface area contributed by atoms with Crippen LogP contribution in [-0.2, 0) is 11.0 Å². The lowest BCUT2D eigenvalue weighted by Gasteiger charge is -2.24. The summed E-state index contributed by atoms with van der Waals surface area (Å²) >= 11 is 0. The van der Waals surface area contributed by atoms with Crippen LogP contribution >= 0.6 is 0 Å². The van der Waals surface area contributed by atoms with E-state index in [0.29, 0.717) is 18.7 Å². The van der Waals surface area contributed by atoms with Crippen LogP contribution in [-0.4, -0.2) is 31.5 Å². The molecule has 0 aliphatic carbocycles. The van der Waals surface area contributed by atoms with Gasteiger partial charge in [0, 0.05) is 19.0 Å². The van der Waals surface area contributed by atoms with Crippen molar-refractivity contribution in [2.24, 2.45) is 0 Å². The monoisotopic (exact) mass is 422 g/mol. The maximum absolute atomic E-state index is 13.2. The smallest absolute Gasteiger partial charge is 0.416 e. The van der Waals surface area contributed by atoms with Gasteiger partial charge >= 0.3 is 6.18 Å². The van der Waals surface area contributed by atoms with E-state index in [0.717, 1.165) is 23.8 Å². The lowest BCUT2D eigenvalue weighted by molar-refractivity contribution is -0.137. The van der Waals surface area contributed by atoms with Gasteiger partial charge < -0.3 is 20.1 Å². The molecule has 1 saturated heterocycles. The van der Waals surface area contributed by atoms with E-state index in [4.69, 9.17) is 9.47 Å². The van der Waals surface area contributed by atoms with Crippen molar-refractivity contribution in [3.05, 3.63) is 53.1 Å². The van der Waals surface area contributed by atoms with Gasteiger partial charge in [-0.3, -0.25) is 9.59 Å². The van der Waals surface area contributed by atoms with Crippen molar-refractivity contribution in [2.75, 3.05) is 13.7 Å². The largest absolute Gasteiger partial charge is 0.493 e. The molecule has 0 saturated carbocycles. The van der Waals surface area contributed by atoms with Crippen molar-refractivity contribution in [1.82, 2.24) is 10.6 Å². The Morgan fingerprint density at radius 1 is 1.13 bits per heavy atom. The van der Waals surface area contributed by atoms with E-state index in [1.54, 1.807) is 18.2 Å². The average molecular weight is 422 g/mol. The zero-order valence-electron chi connectivity index (χ0n) is 16.4. The number of ether oxygens (including phenoxy) is 2. The summed E-state index contributed by atoms with van der Waals surface area (Å²) in [5.74, 6) is -0.389. The second-order valence-corrected chi connectivity index (χ2v) is 6.98. The van der Waals surface area contributed by atoms with Crippen molar-refractivity contribution >= 4 is 11.8 Å². The number of amides is 2. The molecule has 30 heavy (non-hydrogen) atoms. The van der Waals surface area contributed by atoms with E-state index in [2.05, 4.69) is 10.6 Å².